The van der Waals surface area contributed by atoms with Crippen LogP contribution in [0.4, 0.5) is 0 Å². The summed E-state index contributed by atoms with van der Waals surface area (Å²) < 4.78 is 0. The molecule has 0 aliphatic carbocycles. The van der Waals surface area contributed by atoms with E-state index in [4.69, 9.17) is 5.11 Å². The normalized spacial score (nSPS) is 16.3. The molecule has 14 heavy (non-hydrogen) atoms. The molecule has 2 N–H and O–H groups in total. The second-order valence-corrected chi connectivity index (χ2v) is 3.67. The second kappa shape index (κ2) is 3.80. The molecule has 0 amide bonds. The molecule has 0 atom stereocenters. The van der Waals surface area contributed by atoms with Gasteiger partial charge in [0.15, 0.2) is 0 Å². The third-order valence-corrected chi connectivity index (χ3v) is 2.59. The van der Waals surface area contributed by atoms with Crippen LogP contribution in [-0.2, 0) is 11.2 Å². The minimum Gasteiger partial charge on any atom is -0.481 e. The first-order valence-corrected chi connectivity index (χ1v) is 4.77. The van der Waals surface area contributed by atoms with Gasteiger partial charge in [-0.25, -0.2) is 0 Å². The van der Waals surface area contributed by atoms with Gasteiger partial charge in [-0.3, -0.25) is 4.79 Å². The molecular formula is C11H13NO2. The topological polar surface area (TPSA) is 49.3 Å². The molecule has 0 saturated carbocycles. The molecule has 1 fully saturated rings. The first kappa shape index (κ1) is 9.21. The highest BCUT2D eigenvalue weighted by atomic mass is 16.4. The van der Waals surface area contributed by atoms with Crippen molar-refractivity contribution in [2.45, 2.75) is 12.3 Å². The molecule has 0 radical (unpaired) electrons. The Morgan fingerprint density at radius 3 is 2.43 bits per heavy atom. The molecule has 1 aromatic carbocycles. The summed E-state index contributed by atoms with van der Waals surface area (Å²) in [6, 6.07) is 7.87. The average molecular weight is 191 g/mol. The van der Waals surface area contributed by atoms with Crippen LogP contribution in [0.1, 0.15) is 17.0 Å². The summed E-state index contributed by atoms with van der Waals surface area (Å²) in [5.74, 6) is -0.156. The number of nitrogens with one attached hydrogen (secondary N) is 1. The van der Waals surface area contributed by atoms with Gasteiger partial charge in [-0.1, -0.05) is 24.3 Å². The smallest absolute Gasteiger partial charge is 0.307 e. The lowest BCUT2D eigenvalue weighted by Crippen LogP contribution is -2.39. The van der Waals surface area contributed by atoms with Crippen molar-refractivity contribution in [1.82, 2.24) is 5.32 Å². The minimum atomic E-state index is -0.775. The third-order valence-electron chi connectivity index (χ3n) is 2.59. The van der Waals surface area contributed by atoms with Crippen molar-refractivity contribution in [2.75, 3.05) is 13.1 Å². The van der Waals surface area contributed by atoms with E-state index in [0.29, 0.717) is 5.92 Å². The summed E-state index contributed by atoms with van der Waals surface area (Å²) in [7, 11) is 0. The van der Waals surface area contributed by atoms with Gasteiger partial charge in [-0.15, -0.1) is 0 Å². The predicted molar refractivity (Wildman–Crippen MR) is 53.4 cm³/mol. The molecule has 2 rings (SSSR count). The van der Waals surface area contributed by atoms with Gasteiger partial charge < -0.3 is 10.4 Å². The molecule has 1 aliphatic rings. The Balaban J connectivity index is 2.05. The molecule has 0 aromatic heterocycles. The molecule has 74 valence electrons. The van der Waals surface area contributed by atoms with Crippen LogP contribution < -0.4 is 5.32 Å². The van der Waals surface area contributed by atoms with E-state index >= 15 is 0 Å². The van der Waals surface area contributed by atoms with E-state index in [2.05, 4.69) is 5.32 Å². The maximum atomic E-state index is 10.4. The molecule has 0 bridgehead atoms. The molecule has 1 aliphatic heterocycles. The Bertz CT molecular complexity index is 328. The van der Waals surface area contributed by atoms with E-state index in [9.17, 15) is 4.79 Å². The van der Waals surface area contributed by atoms with Crippen molar-refractivity contribution in [3.63, 3.8) is 0 Å². The quantitative estimate of drug-likeness (QED) is 0.749. The van der Waals surface area contributed by atoms with Gasteiger partial charge in [0.05, 0.1) is 6.42 Å². The molecule has 1 saturated heterocycles. The maximum Gasteiger partial charge on any atom is 0.307 e. The van der Waals surface area contributed by atoms with Crippen molar-refractivity contribution in [3.8, 4) is 0 Å². The van der Waals surface area contributed by atoms with E-state index in [-0.39, 0.29) is 6.42 Å². The van der Waals surface area contributed by atoms with Crippen molar-refractivity contribution >= 4 is 5.97 Å². The summed E-state index contributed by atoms with van der Waals surface area (Å²) in [5.41, 5.74) is 2.17. The first-order valence-electron chi connectivity index (χ1n) is 4.77. The number of hydrogen-bond donors (Lipinski definition) is 2. The van der Waals surface area contributed by atoms with Crippen LogP contribution in [0.25, 0.3) is 0 Å². The standard InChI is InChI=1S/C11H13NO2/c13-11(14)5-8-1-3-9(4-2-8)10-6-12-7-10/h1-4,10,12H,5-7H2,(H,13,14). The van der Waals surface area contributed by atoms with E-state index in [1.807, 2.05) is 24.3 Å². The van der Waals surface area contributed by atoms with Gasteiger partial charge in [0.1, 0.15) is 0 Å². The number of carbonyl (C=O) groups is 1. The van der Waals surface area contributed by atoms with Crippen molar-refractivity contribution in [3.05, 3.63) is 35.4 Å². The van der Waals surface area contributed by atoms with Gasteiger partial charge in [0, 0.05) is 19.0 Å². The monoisotopic (exact) mass is 191 g/mol. The van der Waals surface area contributed by atoms with Gasteiger partial charge >= 0.3 is 5.97 Å². The Hall–Kier alpha value is -1.35. The number of carboxylic acids is 1. The molecule has 1 aromatic rings. The zero-order valence-electron chi connectivity index (χ0n) is 7.86. The lowest BCUT2D eigenvalue weighted by Gasteiger charge is -2.27. The predicted octanol–water partition coefficient (Wildman–Crippen LogP) is 1.00. The van der Waals surface area contributed by atoms with Crippen LogP contribution in [-0.4, -0.2) is 24.2 Å². The summed E-state index contributed by atoms with van der Waals surface area (Å²) in [6.45, 7) is 2.08. The highest BCUT2D eigenvalue weighted by Gasteiger charge is 2.18. The Kier molecular flexibility index (Phi) is 2.50. The number of carboxylic acid groups (broad SMARTS) is 1. The fourth-order valence-electron chi connectivity index (χ4n) is 1.61. The minimum absolute atomic E-state index is 0.114. The number of benzene rings is 1. The molecule has 3 nitrogen and oxygen atoms in total. The van der Waals surface area contributed by atoms with Crippen LogP contribution in [0.5, 0.6) is 0 Å². The molecular weight excluding hydrogens is 178 g/mol. The lowest BCUT2D eigenvalue weighted by atomic mass is 9.93. The Labute approximate surface area is 82.8 Å². The van der Waals surface area contributed by atoms with Crippen LogP contribution in [0.2, 0.25) is 0 Å². The summed E-state index contributed by atoms with van der Waals surface area (Å²) in [5, 5.41) is 11.8. The highest BCUT2D eigenvalue weighted by molar-refractivity contribution is 5.70. The van der Waals surface area contributed by atoms with Gasteiger partial charge in [-0.2, -0.15) is 0 Å². The largest absolute Gasteiger partial charge is 0.481 e. The number of aliphatic carboxylic acids is 1. The van der Waals surface area contributed by atoms with Crippen LogP contribution >= 0.6 is 0 Å². The van der Waals surface area contributed by atoms with E-state index < -0.39 is 5.97 Å². The number of rotatable bonds is 3. The van der Waals surface area contributed by atoms with Crippen LogP contribution in [0.15, 0.2) is 24.3 Å². The lowest BCUT2D eigenvalue weighted by molar-refractivity contribution is -0.136. The highest BCUT2D eigenvalue weighted by Crippen LogP contribution is 2.19. The Morgan fingerprint density at radius 1 is 1.36 bits per heavy atom. The molecule has 1 heterocycles. The summed E-state index contributed by atoms with van der Waals surface area (Å²) in [4.78, 5) is 10.4. The summed E-state index contributed by atoms with van der Waals surface area (Å²) in [6.07, 6.45) is 0.114. The van der Waals surface area contributed by atoms with E-state index in [1.165, 1.54) is 5.56 Å². The SMILES string of the molecule is O=C(O)Cc1ccc(C2CNC2)cc1. The Morgan fingerprint density at radius 2 is 2.00 bits per heavy atom. The second-order valence-electron chi connectivity index (χ2n) is 3.67. The van der Waals surface area contributed by atoms with E-state index in [1.54, 1.807) is 0 Å². The average Bonchev–Trinajstić information content (AvgIpc) is 2.04. The van der Waals surface area contributed by atoms with Crippen LogP contribution in [0.3, 0.4) is 0 Å². The van der Waals surface area contributed by atoms with Crippen molar-refractivity contribution in [2.24, 2.45) is 0 Å². The van der Waals surface area contributed by atoms with Crippen molar-refractivity contribution in [1.29, 1.82) is 0 Å². The molecule has 3 heteroatoms. The zero-order valence-corrected chi connectivity index (χ0v) is 7.86. The fourth-order valence-corrected chi connectivity index (χ4v) is 1.61. The van der Waals surface area contributed by atoms with Gasteiger partial charge in [-0.05, 0) is 11.1 Å². The van der Waals surface area contributed by atoms with Gasteiger partial charge in [0.25, 0.3) is 0 Å². The molecule has 0 unspecified atom stereocenters. The van der Waals surface area contributed by atoms with E-state index in [0.717, 1.165) is 18.7 Å². The number of hydrogen-bond acceptors (Lipinski definition) is 2. The zero-order chi connectivity index (χ0) is 9.97. The first-order chi connectivity index (χ1) is 6.75. The van der Waals surface area contributed by atoms with Crippen LogP contribution in [0, 0.1) is 0 Å². The third kappa shape index (κ3) is 1.93. The fraction of sp³-hybridized carbons (Fsp3) is 0.364. The van der Waals surface area contributed by atoms with Crippen molar-refractivity contribution < 1.29 is 9.90 Å². The molecule has 0 spiro atoms. The van der Waals surface area contributed by atoms with Gasteiger partial charge in [0.2, 0.25) is 0 Å². The maximum absolute atomic E-state index is 10.4. The summed E-state index contributed by atoms with van der Waals surface area (Å²) >= 11 is 0.